The molecule has 0 spiro atoms. The van der Waals surface area contributed by atoms with E-state index in [-0.39, 0.29) is 24.9 Å². The van der Waals surface area contributed by atoms with E-state index in [1.807, 2.05) is 36.4 Å². The predicted octanol–water partition coefficient (Wildman–Crippen LogP) is 6.03. The third-order valence-electron chi connectivity index (χ3n) is 7.51. The summed E-state index contributed by atoms with van der Waals surface area (Å²) in [5.41, 5.74) is 11.1. The average Bonchev–Trinajstić information content (AvgIpc) is 2.96. The fraction of sp³-hybridized carbons (Fsp3) is 0.312. The van der Waals surface area contributed by atoms with Gasteiger partial charge in [0.25, 0.3) is 0 Å². The molecule has 3 N–H and O–H groups in total. The monoisotopic (exact) mass is 496 g/mol. The molecule has 4 aromatic carbocycles. The van der Waals surface area contributed by atoms with Gasteiger partial charge in [-0.25, -0.2) is 0 Å². The standard InChI is InChI=1S/C32H36N2O3/c1-22(28-16-15-25-5-3-4-6-29(25)17-28)34(2)20-30-18-31(26-11-9-24(21-35)10-12-26)37-32(36-30)27-13-7-23(19-33)8-14-27/h3-17,22,30-32,35H,18-21,33H2,1-2H3/t22-,30-,31+,32+/m1/s1. The minimum atomic E-state index is -0.461. The third kappa shape index (κ3) is 5.93. The van der Waals surface area contributed by atoms with Crippen molar-refractivity contribution in [3.8, 4) is 0 Å². The number of aliphatic hydroxyl groups is 1. The minimum Gasteiger partial charge on any atom is -0.392 e. The summed E-state index contributed by atoms with van der Waals surface area (Å²) in [4.78, 5) is 2.36. The van der Waals surface area contributed by atoms with Crippen LogP contribution in [0.3, 0.4) is 0 Å². The second kappa shape index (κ2) is 11.5. The number of rotatable bonds is 8. The zero-order valence-electron chi connectivity index (χ0n) is 21.6. The summed E-state index contributed by atoms with van der Waals surface area (Å²) < 4.78 is 13.0. The van der Waals surface area contributed by atoms with E-state index in [0.717, 1.165) is 35.2 Å². The Kier molecular flexibility index (Phi) is 7.99. The number of aliphatic hydroxyl groups excluding tert-OH is 1. The topological polar surface area (TPSA) is 68.0 Å². The number of fused-ring (bicyclic) bond motifs is 1. The second-order valence-corrected chi connectivity index (χ2v) is 10.0. The van der Waals surface area contributed by atoms with Crippen molar-refractivity contribution in [1.82, 2.24) is 4.90 Å². The maximum absolute atomic E-state index is 9.45. The molecule has 0 unspecified atom stereocenters. The van der Waals surface area contributed by atoms with E-state index in [1.165, 1.54) is 16.3 Å². The van der Waals surface area contributed by atoms with Crippen LogP contribution >= 0.6 is 0 Å². The quantitative estimate of drug-likeness (QED) is 0.312. The first-order chi connectivity index (χ1) is 18.0. The zero-order valence-corrected chi connectivity index (χ0v) is 21.6. The molecule has 5 rings (SSSR count). The molecule has 0 saturated carbocycles. The molecule has 0 aliphatic carbocycles. The van der Waals surface area contributed by atoms with Gasteiger partial charge in [0.05, 0.1) is 18.8 Å². The Labute approximate surface area is 219 Å². The van der Waals surface area contributed by atoms with Crippen molar-refractivity contribution in [3.05, 3.63) is 119 Å². The van der Waals surface area contributed by atoms with Gasteiger partial charge in [-0.3, -0.25) is 4.90 Å². The molecular formula is C32H36N2O3. The lowest BCUT2D eigenvalue weighted by Gasteiger charge is -2.39. The lowest BCUT2D eigenvalue weighted by molar-refractivity contribution is -0.253. The summed E-state index contributed by atoms with van der Waals surface area (Å²) in [5, 5.41) is 12.0. The van der Waals surface area contributed by atoms with Crippen LogP contribution in [0.1, 0.15) is 59.6 Å². The summed E-state index contributed by atoms with van der Waals surface area (Å²) >= 11 is 0. The Morgan fingerprint density at radius 3 is 2.24 bits per heavy atom. The van der Waals surface area contributed by atoms with E-state index in [1.54, 1.807) is 0 Å². The van der Waals surface area contributed by atoms with Gasteiger partial charge < -0.3 is 20.3 Å². The van der Waals surface area contributed by atoms with Crippen LogP contribution < -0.4 is 5.73 Å². The molecule has 0 radical (unpaired) electrons. The maximum atomic E-state index is 9.45. The van der Waals surface area contributed by atoms with Crippen LogP contribution in [0.2, 0.25) is 0 Å². The molecule has 4 atom stereocenters. The SMILES string of the molecule is C[C@H](c1ccc2ccccc2c1)N(C)C[C@H]1C[C@@H](c2ccc(CO)cc2)O[C@@H](c2ccc(CN)cc2)O1. The van der Waals surface area contributed by atoms with Gasteiger partial charge in [-0.1, -0.05) is 84.9 Å². The third-order valence-corrected chi connectivity index (χ3v) is 7.51. The largest absolute Gasteiger partial charge is 0.392 e. The summed E-state index contributed by atoms with van der Waals surface area (Å²) in [6, 6.07) is 31.6. The van der Waals surface area contributed by atoms with Crippen molar-refractivity contribution >= 4 is 10.8 Å². The molecule has 37 heavy (non-hydrogen) atoms. The van der Waals surface area contributed by atoms with Gasteiger partial charge in [0, 0.05) is 31.1 Å². The molecule has 0 aromatic heterocycles. The summed E-state index contributed by atoms with van der Waals surface area (Å²) in [6.07, 6.45) is 0.181. The fourth-order valence-electron chi connectivity index (χ4n) is 5.05. The highest BCUT2D eigenvalue weighted by molar-refractivity contribution is 5.83. The van der Waals surface area contributed by atoms with E-state index in [0.29, 0.717) is 6.54 Å². The minimum absolute atomic E-state index is 0.0108. The Morgan fingerprint density at radius 1 is 0.865 bits per heavy atom. The molecule has 5 nitrogen and oxygen atoms in total. The van der Waals surface area contributed by atoms with E-state index in [2.05, 4.69) is 73.5 Å². The first kappa shape index (κ1) is 25.6. The number of likely N-dealkylation sites (N-methyl/N-ethyl adjacent to an activating group) is 1. The van der Waals surface area contributed by atoms with Crippen LogP contribution in [-0.4, -0.2) is 29.7 Å². The number of hydrogen-bond acceptors (Lipinski definition) is 5. The Balaban J connectivity index is 1.35. The molecular weight excluding hydrogens is 460 g/mol. The van der Waals surface area contributed by atoms with Crippen LogP contribution in [0.25, 0.3) is 10.8 Å². The molecule has 1 saturated heterocycles. The van der Waals surface area contributed by atoms with Crippen LogP contribution in [0, 0.1) is 0 Å². The highest BCUT2D eigenvalue weighted by Gasteiger charge is 2.33. The normalized spacial score (nSPS) is 20.8. The van der Waals surface area contributed by atoms with E-state index in [4.69, 9.17) is 15.2 Å². The molecule has 1 heterocycles. The van der Waals surface area contributed by atoms with Gasteiger partial charge in [-0.15, -0.1) is 0 Å². The first-order valence-electron chi connectivity index (χ1n) is 13.0. The molecule has 1 fully saturated rings. The lowest BCUT2D eigenvalue weighted by Crippen LogP contribution is -2.38. The molecule has 0 bridgehead atoms. The Bertz CT molecular complexity index is 1250. The predicted molar refractivity (Wildman–Crippen MR) is 148 cm³/mol. The highest BCUT2D eigenvalue weighted by Crippen LogP contribution is 2.38. The zero-order chi connectivity index (χ0) is 25.8. The number of ether oxygens (including phenoxy) is 2. The van der Waals surface area contributed by atoms with Gasteiger partial charge in [-0.05, 0) is 53.1 Å². The van der Waals surface area contributed by atoms with Crippen LogP contribution in [-0.2, 0) is 22.6 Å². The van der Waals surface area contributed by atoms with Crippen molar-refractivity contribution in [1.29, 1.82) is 0 Å². The van der Waals surface area contributed by atoms with Crippen molar-refractivity contribution in [2.45, 2.75) is 51.0 Å². The highest BCUT2D eigenvalue weighted by atomic mass is 16.7. The number of hydrogen-bond donors (Lipinski definition) is 2. The molecule has 192 valence electrons. The summed E-state index contributed by atoms with van der Waals surface area (Å²) in [7, 11) is 2.16. The first-order valence-corrected chi connectivity index (χ1v) is 13.0. The van der Waals surface area contributed by atoms with Gasteiger partial charge in [0.1, 0.15) is 0 Å². The average molecular weight is 497 g/mol. The van der Waals surface area contributed by atoms with E-state index in [9.17, 15) is 5.11 Å². The molecule has 1 aliphatic heterocycles. The van der Waals surface area contributed by atoms with Gasteiger partial charge in [0.2, 0.25) is 0 Å². The number of benzene rings is 4. The van der Waals surface area contributed by atoms with Crippen LogP contribution in [0.15, 0.2) is 91.0 Å². The Hall–Kier alpha value is -3.06. The van der Waals surface area contributed by atoms with Crippen LogP contribution in [0.4, 0.5) is 0 Å². The van der Waals surface area contributed by atoms with Crippen molar-refractivity contribution < 1.29 is 14.6 Å². The van der Waals surface area contributed by atoms with Gasteiger partial charge in [-0.2, -0.15) is 0 Å². The van der Waals surface area contributed by atoms with Crippen molar-refractivity contribution in [3.63, 3.8) is 0 Å². The van der Waals surface area contributed by atoms with Crippen LogP contribution in [0.5, 0.6) is 0 Å². The van der Waals surface area contributed by atoms with Crippen molar-refractivity contribution in [2.24, 2.45) is 5.73 Å². The molecule has 1 aliphatic rings. The number of nitrogens with two attached hydrogens (primary N) is 1. The number of nitrogens with zero attached hydrogens (tertiary/aromatic N) is 1. The summed E-state index contributed by atoms with van der Waals surface area (Å²) in [5.74, 6) is 0. The van der Waals surface area contributed by atoms with Gasteiger partial charge >= 0.3 is 0 Å². The maximum Gasteiger partial charge on any atom is 0.184 e. The lowest BCUT2D eigenvalue weighted by atomic mass is 9.98. The fourth-order valence-corrected chi connectivity index (χ4v) is 5.05. The van der Waals surface area contributed by atoms with Crippen molar-refractivity contribution in [2.75, 3.05) is 13.6 Å². The summed E-state index contributed by atoms with van der Waals surface area (Å²) in [6.45, 7) is 3.56. The van der Waals surface area contributed by atoms with Gasteiger partial charge in [0.15, 0.2) is 6.29 Å². The Morgan fingerprint density at radius 2 is 1.54 bits per heavy atom. The smallest absolute Gasteiger partial charge is 0.184 e. The van der Waals surface area contributed by atoms with E-state index >= 15 is 0 Å². The second-order valence-electron chi connectivity index (χ2n) is 10.0. The van der Waals surface area contributed by atoms with E-state index < -0.39 is 6.29 Å². The molecule has 5 heteroatoms. The molecule has 4 aromatic rings. The molecule has 0 amide bonds.